The molecule has 0 radical (unpaired) electrons. The summed E-state index contributed by atoms with van der Waals surface area (Å²) in [4.78, 5) is 11.0. The molecule has 6 nitrogen and oxygen atoms in total. The zero-order chi connectivity index (χ0) is 14.5. The molecule has 21 heavy (non-hydrogen) atoms. The van der Waals surface area contributed by atoms with E-state index in [4.69, 9.17) is 0 Å². The number of hydrogen-bond donors (Lipinski definition) is 1. The van der Waals surface area contributed by atoms with Crippen LogP contribution in [0.3, 0.4) is 0 Å². The maximum absolute atomic E-state index is 4.36. The Morgan fingerprint density at radius 2 is 2.29 bits per heavy atom. The van der Waals surface area contributed by atoms with Gasteiger partial charge in [-0.1, -0.05) is 0 Å². The quantitative estimate of drug-likeness (QED) is 0.893. The molecule has 1 aliphatic heterocycles. The average Bonchev–Trinajstić information content (AvgIpc) is 2.99. The van der Waals surface area contributed by atoms with Crippen LogP contribution in [0.4, 0.5) is 5.82 Å². The van der Waals surface area contributed by atoms with Crippen molar-refractivity contribution in [3.05, 3.63) is 42.1 Å². The van der Waals surface area contributed by atoms with Crippen molar-refractivity contribution >= 4 is 5.82 Å². The summed E-state index contributed by atoms with van der Waals surface area (Å²) in [6.07, 6.45) is 7.73. The fourth-order valence-electron chi connectivity index (χ4n) is 2.67. The molecule has 1 atom stereocenters. The van der Waals surface area contributed by atoms with Crippen LogP contribution in [0, 0.1) is 6.92 Å². The van der Waals surface area contributed by atoms with Crippen molar-refractivity contribution in [2.24, 2.45) is 0 Å². The van der Waals surface area contributed by atoms with Gasteiger partial charge in [-0.05, 0) is 31.9 Å². The van der Waals surface area contributed by atoms with Crippen LogP contribution in [0.25, 0.3) is 0 Å². The minimum absolute atomic E-state index is 0.472. The molecule has 3 heterocycles. The molecule has 1 saturated heterocycles. The standard InChI is InChI=1S/C15H20N6/c1-12-8-18-13(10-17-12)9-16-11-14-4-3-7-21(14)15-5-2-6-19-20-15/h2,5-6,8,10,14,16H,3-4,7,9,11H2,1H3. The molecule has 0 amide bonds. The van der Waals surface area contributed by atoms with Gasteiger partial charge in [0.15, 0.2) is 5.82 Å². The van der Waals surface area contributed by atoms with Crippen molar-refractivity contribution < 1.29 is 0 Å². The fraction of sp³-hybridized carbons (Fsp3) is 0.467. The fourth-order valence-corrected chi connectivity index (χ4v) is 2.67. The van der Waals surface area contributed by atoms with Crippen molar-refractivity contribution in [2.45, 2.75) is 32.4 Å². The van der Waals surface area contributed by atoms with Gasteiger partial charge in [0.05, 0.1) is 11.4 Å². The van der Waals surface area contributed by atoms with Crippen molar-refractivity contribution in [1.82, 2.24) is 25.5 Å². The van der Waals surface area contributed by atoms with Crippen LogP contribution < -0.4 is 10.2 Å². The van der Waals surface area contributed by atoms with Crippen molar-refractivity contribution in [2.75, 3.05) is 18.0 Å². The predicted molar refractivity (Wildman–Crippen MR) is 80.9 cm³/mol. The van der Waals surface area contributed by atoms with Gasteiger partial charge in [0.2, 0.25) is 0 Å². The van der Waals surface area contributed by atoms with Crippen molar-refractivity contribution in [1.29, 1.82) is 0 Å². The van der Waals surface area contributed by atoms with Crippen LogP contribution in [0.2, 0.25) is 0 Å². The maximum atomic E-state index is 4.36. The van der Waals surface area contributed by atoms with E-state index in [2.05, 4.69) is 30.4 Å². The van der Waals surface area contributed by atoms with E-state index in [9.17, 15) is 0 Å². The van der Waals surface area contributed by atoms with Gasteiger partial charge in [-0.3, -0.25) is 9.97 Å². The van der Waals surface area contributed by atoms with Crippen LogP contribution >= 0.6 is 0 Å². The first-order chi connectivity index (χ1) is 10.3. The lowest BCUT2D eigenvalue weighted by atomic mass is 10.2. The molecular formula is C15H20N6. The second kappa shape index (κ2) is 6.58. The Morgan fingerprint density at radius 1 is 1.33 bits per heavy atom. The van der Waals surface area contributed by atoms with Crippen LogP contribution in [-0.2, 0) is 6.54 Å². The minimum atomic E-state index is 0.472. The van der Waals surface area contributed by atoms with Gasteiger partial charge in [0, 0.05) is 44.3 Å². The van der Waals surface area contributed by atoms with Gasteiger partial charge in [0.25, 0.3) is 0 Å². The number of aryl methyl sites for hydroxylation is 1. The summed E-state index contributed by atoms with van der Waals surface area (Å²) in [7, 11) is 0. The maximum Gasteiger partial charge on any atom is 0.151 e. The Bertz CT molecular complexity index is 556. The topological polar surface area (TPSA) is 66.8 Å². The summed E-state index contributed by atoms with van der Waals surface area (Å²) in [5, 5.41) is 11.7. The number of aromatic nitrogens is 4. The number of hydrogen-bond acceptors (Lipinski definition) is 6. The Kier molecular flexibility index (Phi) is 4.35. The number of nitrogens with zero attached hydrogens (tertiary/aromatic N) is 5. The first-order valence-electron chi connectivity index (χ1n) is 7.35. The van der Waals surface area contributed by atoms with Gasteiger partial charge in [-0.25, -0.2) is 0 Å². The molecule has 2 aromatic rings. The molecule has 2 aromatic heterocycles. The van der Waals surface area contributed by atoms with E-state index < -0.39 is 0 Å². The van der Waals surface area contributed by atoms with Crippen LogP contribution in [-0.4, -0.2) is 39.3 Å². The van der Waals surface area contributed by atoms with E-state index in [1.165, 1.54) is 12.8 Å². The summed E-state index contributed by atoms with van der Waals surface area (Å²) >= 11 is 0. The monoisotopic (exact) mass is 284 g/mol. The number of anilines is 1. The molecule has 0 saturated carbocycles. The molecule has 1 aliphatic rings. The lowest BCUT2D eigenvalue weighted by molar-refractivity contribution is 0.564. The molecule has 110 valence electrons. The molecule has 0 bridgehead atoms. The van der Waals surface area contributed by atoms with Gasteiger partial charge in [-0.15, -0.1) is 5.10 Å². The normalized spacial score (nSPS) is 18.1. The van der Waals surface area contributed by atoms with Crippen LogP contribution in [0.5, 0.6) is 0 Å². The molecular weight excluding hydrogens is 264 g/mol. The Labute approximate surface area is 124 Å². The van der Waals surface area contributed by atoms with Crippen molar-refractivity contribution in [3.8, 4) is 0 Å². The summed E-state index contributed by atoms with van der Waals surface area (Å²) in [6.45, 7) is 4.67. The molecule has 6 heteroatoms. The summed E-state index contributed by atoms with van der Waals surface area (Å²) < 4.78 is 0. The molecule has 0 aliphatic carbocycles. The van der Waals surface area contributed by atoms with Gasteiger partial charge < -0.3 is 10.2 Å². The van der Waals surface area contributed by atoms with E-state index in [1.807, 2.05) is 25.3 Å². The lowest BCUT2D eigenvalue weighted by Gasteiger charge is -2.25. The molecule has 0 spiro atoms. The molecule has 0 aromatic carbocycles. The minimum Gasteiger partial charge on any atom is -0.351 e. The highest BCUT2D eigenvalue weighted by molar-refractivity contribution is 5.39. The van der Waals surface area contributed by atoms with Crippen LogP contribution in [0.1, 0.15) is 24.2 Å². The Hall–Kier alpha value is -2.08. The predicted octanol–water partition coefficient (Wildman–Crippen LogP) is 1.33. The Balaban J connectivity index is 1.53. The molecule has 1 fully saturated rings. The van der Waals surface area contributed by atoms with Crippen molar-refractivity contribution in [3.63, 3.8) is 0 Å². The zero-order valence-electron chi connectivity index (χ0n) is 12.2. The lowest BCUT2D eigenvalue weighted by Crippen LogP contribution is -2.38. The smallest absolute Gasteiger partial charge is 0.151 e. The second-order valence-corrected chi connectivity index (χ2v) is 5.35. The first kappa shape index (κ1) is 13.9. The highest BCUT2D eigenvalue weighted by Gasteiger charge is 2.25. The summed E-state index contributed by atoms with van der Waals surface area (Å²) in [6, 6.07) is 4.43. The summed E-state index contributed by atoms with van der Waals surface area (Å²) in [5.74, 6) is 0.969. The van der Waals surface area contributed by atoms with Gasteiger partial charge in [-0.2, -0.15) is 5.10 Å². The van der Waals surface area contributed by atoms with Gasteiger partial charge in [0.1, 0.15) is 0 Å². The highest BCUT2D eigenvalue weighted by Crippen LogP contribution is 2.22. The highest BCUT2D eigenvalue weighted by atomic mass is 15.3. The van der Waals surface area contributed by atoms with E-state index in [0.29, 0.717) is 6.04 Å². The number of rotatable bonds is 5. The molecule has 1 N–H and O–H groups in total. The van der Waals surface area contributed by atoms with Gasteiger partial charge >= 0.3 is 0 Å². The van der Waals surface area contributed by atoms with E-state index in [0.717, 1.165) is 36.8 Å². The zero-order valence-corrected chi connectivity index (χ0v) is 12.2. The van der Waals surface area contributed by atoms with E-state index >= 15 is 0 Å². The summed E-state index contributed by atoms with van der Waals surface area (Å²) in [5.41, 5.74) is 1.92. The second-order valence-electron chi connectivity index (χ2n) is 5.35. The largest absolute Gasteiger partial charge is 0.351 e. The third kappa shape index (κ3) is 3.52. The first-order valence-corrected chi connectivity index (χ1v) is 7.35. The van der Waals surface area contributed by atoms with E-state index in [1.54, 1.807) is 12.4 Å². The molecule has 1 unspecified atom stereocenters. The third-order valence-corrected chi connectivity index (χ3v) is 3.75. The number of nitrogens with one attached hydrogen (secondary N) is 1. The van der Waals surface area contributed by atoms with Crippen LogP contribution in [0.15, 0.2) is 30.7 Å². The van der Waals surface area contributed by atoms with E-state index in [-0.39, 0.29) is 0 Å². The SMILES string of the molecule is Cc1cnc(CNCC2CCCN2c2cccnn2)cn1. The Morgan fingerprint density at radius 3 is 3.05 bits per heavy atom. The molecule has 3 rings (SSSR count). The third-order valence-electron chi connectivity index (χ3n) is 3.75. The average molecular weight is 284 g/mol.